The van der Waals surface area contributed by atoms with Crippen LogP contribution in [0.1, 0.15) is 57.1 Å². The van der Waals surface area contributed by atoms with Crippen molar-refractivity contribution in [1.82, 2.24) is 5.32 Å². The lowest BCUT2D eigenvalue weighted by Crippen LogP contribution is -2.22. The van der Waals surface area contributed by atoms with E-state index in [-0.39, 0.29) is 0 Å². The minimum absolute atomic E-state index is 0.842. The molecule has 0 fully saturated rings. The maximum Gasteiger partial charge on any atom is 0.0372 e. The van der Waals surface area contributed by atoms with Crippen LogP contribution >= 0.6 is 0 Å². The Morgan fingerprint density at radius 1 is 1.30 bits per heavy atom. The highest BCUT2D eigenvalue weighted by Gasteiger charge is 2.09. The number of unbranched alkanes of at least 4 members (excludes halogenated alkanes) is 1. The number of benzene rings is 1. The van der Waals surface area contributed by atoms with E-state index in [1.165, 1.54) is 55.3 Å². The maximum absolute atomic E-state index is 3.65. The van der Waals surface area contributed by atoms with Gasteiger partial charge in [0.25, 0.3) is 0 Å². The van der Waals surface area contributed by atoms with Gasteiger partial charge in [-0.25, -0.2) is 0 Å². The SMILES string of the molecule is CCCCC(CC)CNCc1ccc2c(c1)CCCN2. The average Bonchev–Trinajstić information content (AvgIpc) is 2.50. The van der Waals surface area contributed by atoms with Crippen LogP contribution in [0.15, 0.2) is 18.2 Å². The molecule has 20 heavy (non-hydrogen) atoms. The molecule has 0 saturated carbocycles. The third kappa shape index (κ3) is 4.52. The Morgan fingerprint density at radius 3 is 3.00 bits per heavy atom. The maximum atomic E-state index is 3.65. The number of aryl methyl sites for hydroxylation is 1. The van der Waals surface area contributed by atoms with Gasteiger partial charge in [-0.2, -0.15) is 0 Å². The van der Waals surface area contributed by atoms with Crippen LogP contribution in [0.2, 0.25) is 0 Å². The predicted octanol–water partition coefficient (Wildman–Crippen LogP) is 4.35. The van der Waals surface area contributed by atoms with Gasteiger partial charge < -0.3 is 10.6 Å². The van der Waals surface area contributed by atoms with Crippen LogP contribution < -0.4 is 10.6 Å². The van der Waals surface area contributed by atoms with Gasteiger partial charge >= 0.3 is 0 Å². The number of hydrogen-bond donors (Lipinski definition) is 2. The lowest BCUT2D eigenvalue weighted by atomic mass is 9.98. The van der Waals surface area contributed by atoms with Gasteiger partial charge in [-0.3, -0.25) is 0 Å². The third-order valence-electron chi connectivity index (χ3n) is 4.41. The summed E-state index contributed by atoms with van der Waals surface area (Å²) in [6.45, 7) is 7.88. The molecule has 0 spiro atoms. The summed E-state index contributed by atoms with van der Waals surface area (Å²) in [5.41, 5.74) is 4.26. The second-order valence-corrected chi connectivity index (χ2v) is 6.07. The van der Waals surface area contributed by atoms with Gasteiger partial charge in [0.1, 0.15) is 0 Å². The van der Waals surface area contributed by atoms with E-state index >= 15 is 0 Å². The number of nitrogens with one attached hydrogen (secondary N) is 2. The Hall–Kier alpha value is -1.02. The first-order valence-corrected chi connectivity index (χ1v) is 8.39. The fourth-order valence-corrected chi connectivity index (χ4v) is 3.00. The molecule has 2 rings (SSSR count). The molecule has 1 heterocycles. The third-order valence-corrected chi connectivity index (χ3v) is 4.41. The zero-order valence-electron chi connectivity index (χ0n) is 13.2. The van der Waals surface area contributed by atoms with Gasteiger partial charge in [0.05, 0.1) is 0 Å². The molecule has 0 saturated heterocycles. The van der Waals surface area contributed by atoms with E-state index in [1.54, 1.807) is 0 Å². The first-order chi connectivity index (χ1) is 9.83. The van der Waals surface area contributed by atoms with Crippen LogP contribution in [0.25, 0.3) is 0 Å². The van der Waals surface area contributed by atoms with Crippen molar-refractivity contribution in [2.24, 2.45) is 5.92 Å². The van der Waals surface area contributed by atoms with Crippen LogP contribution in [-0.2, 0) is 13.0 Å². The van der Waals surface area contributed by atoms with Gasteiger partial charge in [-0.05, 0) is 48.9 Å². The number of rotatable bonds is 8. The topological polar surface area (TPSA) is 24.1 Å². The Morgan fingerprint density at radius 2 is 2.20 bits per heavy atom. The molecular formula is C18H30N2. The number of fused-ring (bicyclic) bond motifs is 1. The normalized spacial score (nSPS) is 15.5. The quantitative estimate of drug-likeness (QED) is 0.736. The molecule has 0 aliphatic carbocycles. The molecule has 1 unspecified atom stereocenters. The minimum atomic E-state index is 0.842. The van der Waals surface area contributed by atoms with Gasteiger partial charge in [-0.1, -0.05) is 45.2 Å². The molecule has 0 bridgehead atoms. The molecule has 2 N–H and O–H groups in total. The van der Waals surface area contributed by atoms with Crippen molar-refractivity contribution in [3.05, 3.63) is 29.3 Å². The summed E-state index contributed by atoms with van der Waals surface area (Å²) in [4.78, 5) is 0. The lowest BCUT2D eigenvalue weighted by molar-refractivity contribution is 0.419. The molecule has 0 radical (unpaired) electrons. The van der Waals surface area contributed by atoms with Crippen LogP contribution in [0.3, 0.4) is 0 Å². The van der Waals surface area contributed by atoms with Crippen LogP contribution in [-0.4, -0.2) is 13.1 Å². The Balaban J connectivity index is 1.78. The highest BCUT2D eigenvalue weighted by Crippen LogP contribution is 2.22. The molecule has 2 nitrogen and oxygen atoms in total. The minimum Gasteiger partial charge on any atom is -0.385 e. The summed E-state index contributed by atoms with van der Waals surface area (Å²) < 4.78 is 0. The molecule has 2 heteroatoms. The molecule has 1 atom stereocenters. The molecule has 0 aromatic heterocycles. The molecular weight excluding hydrogens is 244 g/mol. The Labute approximate surface area is 124 Å². The van der Waals surface area contributed by atoms with Crippen molar-refractivity contribution in [2.45, 2.75) is 58.9 Å². The summed E-state index contributed by atoms with van der Waals surface area (Å²) in [6.07, 6.45) is 7.83. The van der Waals surface area contributed by atoms with Crippen LogP contribution in [0.5, 0.6) is 0 Å². The average molecular weight is 274 g/mol. The molecule has 1 aliphatic rings. The molecule has 0 amide bonds. The summed E-state index contributed by atoms with van der Waals surface area (Å²) >= 11 is 0. The van der Waals surface area contributed by atoms with E-state index in [9.17, 15) is 0 Å². The number of anilines is 1. The van der Waals surface area contributed by atoms with E-state index in [4.69, 9.17) is 0 Å². The lowest BCUT2D eigenvalue weighted by Gasteiger charge is -2.19. The zero-order chi connectivity index (χ0) is 14.2. The zero-order valence-corrected chi connectivity index (χ0v) is 13.2. The van der Waals surface area contributed by atoms with Crippen LogP contribution in [0, 0.1) is 5.92 Å². The van der Waals surface area contributed by atoms with Gasteiger partial charge in [0, 0.05) is 18.8 Å². The van der Waals surface area contributed by atoms with Gasteiger partial charge in [0.2, 0.25) is 0 Å². The monoisotopic (exact) mass is 274 g/mol. The van der Waals surface area contributed by atoms with Crippen molar-refractivity contribution < 1.29 is 0 Å². The van der Waals surface area contributed by atoms with Crippen molar-refractivity contribution >= 4 is 5.69 Å². The summed E-state index contributed by atoms with van der Waals surface area (Å²) in [5.74, 6) is 0.842. The smallest absolute Gasteiger partial charge is 0.0372 e. The number of hydrogen-bond acceptors (Lipinski definition) is 2. The second-order valence-electron chi connectivity index (χ2n) is 6.07. The fourth-order valence-electron chi connectivity index (χ4n) is 3.00. The molecule has 112 valence electrons. The highest BCUT2D eigenvalue weighted by atomic mass is 14.9. The van der Waals surface area contributed by atoms with E-state index < -0.39 is 0 Å². The van der Waals surface area contributed by atoms with E-state index in [2.05, 4.69) is 42.7 Å². The largest absolute Gasteiger partial charge is 0.385 e. The summed E-state index contributed by atoms with van der Waals surface area (Å²) in [5, 5.41) is 7.12. The second kappa shape index (κ2) is 8.31. The standard InChI is InChI=1S/C18H30N2/c1-3-5-7-15(4-2)13-19-14-16-9-10-18-17(12-16)8-6-11-20-18/h9-10,12,15,19-20H,3-8,11,13-14H2,1-2H3. The van der Waals surface area contributed by atoms with Crippen molar-refractivity contribution in [3.63, 3.8) is 0 Å². The van der Waals surface area contributed by atoms with E-state index in [0.29, 0.717) is 0 Å². The molecule has 1 aromatic carbocycles. The molecule has 1 aromatic rings. The van der Waals surface area contributed by atoms with E-state index in [0.717, 1.165) is 25.6 Å². The Bertz CT molecular complexity index is 400. The van der Waals surface area contributed by atoms with Gasteiger partial charge in [0.15, 0.2) is 0 Å². The van der Waals surface area contributed by atoms with E-state index in [1.807, 2.05) is 0 Å². The van der Waals surface area contributed by atoms with Crippen molar-refractivity contribution in [1.29, 1.82) is 0 Å². The first kappa shape index (κ1) is 15.4. The summed E-state index contributed by atoms with van der Waals surface area (Å²) in [6, 6.07) is 6.89. The van der Waals surface area contributed by atoms with Gasteiger partial charge in [-0.15, -0.1) is 0 Å². The fraction of sp³-hybridized carbons (Fsp3) is 0.667. The van der Waals surface area contributed by atoms with Crippen LogP contribution in [0.4, 0.5) is 5.69 Å². The predicted molar refractivity (Wildman–Crippen MR) is 88.3 cm³/mol. The Kier molecular flexibility index (Phi) is 6.38. The summed E-state index contributed by atoms with van der Waals surface area (Å²) in [7, 11) is 0. The molecule has 1 aliphatic heterocycles. The highest BCUT2D eigenvalue weighted by molar-refractivity contribution is 5.54. The van der Waals surface area contributed by atoms with Crippen molar-refractivity contribution in [2.75, 3.05) is 18.4 Å². The first-order valence-electron chi connectivity index (χ1n) is 8.39. The van der Waals surface area contributed by atoms with Crippen molar-refractivity contribution in [3.8, 4) is 0 Å².